The number of hydrogen-bond donors (Lipinski definition) is 0. The lowest BCUT2D eigenvalue weighted by Gasteiger charge is -2.29. The highest BCUT2D eigenvalue weighted by molar-refractivity contribution is 5.35. The standard InChI is InChI=1S/C16H20O2/c1-16(2,18-15-10-6-7-13-17-15)12-11-14-8-4-3-5-9-14/h3-5,8-9,15H,6-7,10,13H2,1-2H3. The highest BCUT2D eigenvalue weighted by Crippen LogP contribution is 2.20. The van der Waals surface area contributed by atoms with Gasteiger partial charge in [0.1, 0.15) is 5.60 Å². The summed E-state index contributed by atoms with van der Waals surface area (Å²) < 4.78 is 11.5. The number of ether oxygens (including phenoxy) is 2. The maximum absolute atomic E-state index is 5.90. The first-order chi connectivity index (χ1) is 8.66. The van der Waals surface area contributed by atoms with Crippen molar-refractivity contribution in [3.05, 3.63) is 35.9 Å². The van der Waals surface area contributed by atoms with E-state index in [1.165, 1.54) is 6.42 Å². The minimum atomic E-state index is -0.474. The van der Waals surface area contributed by atoms with Gasteiger partial charge in [-0.3, -0.25) is 0 Å². The first kappa shape index (κ1) is 13.1. The van der Waals surface area contributed by atoms with Gasteiger partial charge in [0, 0.05) is 12.2 Å². The molecule has 1 atom stereocenters. The molecule has 1 aromatic carbocycles. The molecular formula is C16H20O2. The van der Waals surface area contributed by atoms with Gasteiger partial charge in [-0.2, -0.15) is 0 Å². The van der Waals surface area contributed by atoms with Crippen molar-refractivity contribution in [1.82, 2.24) is 0 Å². The van der Waals surface area contributed by atoms with Gasteiger partial charge in [0.2, 0.25) is 0 Å². The van der Waals surface area contributed by atoms with Crippen molar-refractivity contribution in [2.45, 2.75) is 45.0 Å². The van der Waals surface area contributed by atoms with E-state index in [0.29, 0.717) is 0 Å². The van der Waals surface area contributed by atoms with Crippen molar-refractivity contribution in [3.8, 4) is 11.8 Å². The van der Waals surface area contributed by atoms with Crippen molar-refractivity contribution in [1.29, 1.82) is 0 Å². The molecule has 0 aliphatic carbocycles. The Labute approximate surface area is 109 Å². The van der Waals surface area contributed by atoms with Crippen LogP contribution in [0.4, 0.5) is 0 Å². The zero-order valence-electron chi connectivity index (χ0n) is 11.1. The van der Waals surface area contributed by atoms with E-state index in [0.717, 1.165) is 25.0 Å². The molecule has 2 rings (SSSR count). The van der Waals surface area contributed by atoms with Crippen LogP contribution in [0.1, 0.15) is 38.7 Å². The Bertz CT molecular complexity index is 419. The Hall–Kier alpha value is -1.30. The van der Waals surface area contributed by atoms with Crippen LogP contribution in [-0.4, -0.2) is 18.5 Å². The Morgan fingerprint density at radius 1 is 1.22 bits per heavy atom. The molecule has 0 aromatic heterocycles. The predicted molar refractivity (Wildman–Crippen MR) is 72.1 cm³/mol. The summed E-state index contributed by atoms with van der Waals surface area (Å²) in [6.45, 7) is 4.77. The largest absolute Gasteiger partial charge is 0.353 e. The predicted octanol–water partition coefficient (Wildman–Crippen LogP) is 3.36. The average Bonchev–Trinajstić information content (AvgIpc) is 2.38. The topological polar surface area (TPSA) is 18.5 Å². The molecule has 1 saturated heterocycles. The molecule has 0 N–H and O–H groups in total. The summed E-state index contributed by atoms with van der Waals surface area (Å²) in [6, 6.07) is 9.97. The fraction of sp³-hybridized carbons (Fsp3) is 0.500. The van der Waals surface area contributed by atoms with Crippen LogP contribution in [0, 0.1) is 11.8 Å². The maximum Gasteiger partial charge on any atom is 0.159 e. The molecular weight excluding hydrogens is 224 g/mol. The molecule has 0 radical (unpaired) electrons. The minimum absolute atomic E-state index is 0.0983. The first-order valence-electron chi connectivity index (χ1n) is 6.53. The van der Waals surface area contributed by atoms with Crippen LogP contribution in [-0.2, 0) is 9.47 Å². The molecule has 0 amide bonds. The monoisotopic (exact) mass is 244 g/mol. The third-order valence-electron chi connectivity index (χ3n) is 2.85. The van der Waals surface area contributed by atoms with Crippen LogP contribution >= 0.6 is 0 Å². The highest BCUT2D eigenvalue weighted by atomic mass is 16.7. The van der Waals surface area contributed by atoms with E-state index >= 15 is 0 Å². The molecule has 0 spiro atoms. The van der Waals surface area contributed by atoms with Crippen LogP contribution in [0.15, 0.2) is 30.3 Å². The van der Waals surface area contributed by atoms with Crippen LogP contribution < -0.4 is 0 Å². The van der Waals surface area contributed by atoms with Gasteiger partial charge in [-0.15, -0.1) is 0 Å². The number of benzene rings is 1. The molecule has 0 saturated carbocycles. The van der Waals surface area contributed by atoms with Crippen molar-refractivity contribution in [2.24, 2.45) is 0 Å². The summed E-state index contributed by atoms with van der Waals surface area (Å²) in [4.78, 5) is 0. The highest BCUT2D eigenvalue weighted by Gasteiger charge is 2.23. The van der Waals surface area contributed by atoms with Gasteiger partial charge in [-0.25, -0.2) is 0 Å². The summed E-state index contributed by atoms with van der Waals surface area (Å²) >= 11 is 0. The Morgan fingerprint density at radius 3 is 2.67 bits per heavy atom. The van der Waals surface area contributed by atoms with E-state index in [2.05, 4.69) is 11.8 Å². The van der Waals surface area contributed by atoms with Gasteiger partial charge in [0.15, 0.2) is 6.29 Å². The van der Waals surface area contributed by atoms with Crippen molar-refractivity contribution in [2.75, 3.05) is 6.61 Å². The molecule has 1 fully saturated rings. The second-order valence-electron chi connectivity index (χ2n) is 5.04. The normalized spacial score (nSPS) is 20.0. The fourth-order valence-corrected chi connectivity index (χ4v) is 1.91. The SMILES string of the molecule is CC(C)(C#Cc1ccccc1)OC1CCCCO1. The van der Waals surface area contributed by atoms with E-state index in [9.17, 15) is 0 Å². The Kier molecular flexibility index (Phi) is 4.41. The Balaban J connectivity index is 1.96. The third kappa shape index (κ3) is 4.18. The molecule has 18 heavy (non-hydrogen) atoms. The van der Waals surface area contributed by atoms with Gasteiger partial charge < -0.3 is 9.47 Å². The molecule has 2 nitrogen and oxygen atoms in total. The zero-order chi connectivity index (χ0) is 12.8. The molecule has 1 aliphatic rings. The van der Waals surface area contributed by atoms with Crippen molar-refractivity contribution < 1.29 is 9.47 Å². The lowest BCUT2D eigenvalue weighted by Crippen LogP contribution is -2.33. The van der Waals surface area contributed by atoms with Gasteiger partial charge in [0.05, 0.1) is 0 Å². The van der Waals surface area contributed by atoms with Crippen molar-refractivity contribution in [3.63, 3.8) is 0 Å². The fourth-order valence-electron chi connectivity index (χ4n) is 1.91. The van der Waals surface area contributed by atoms with Gasteiger partial charge >= 0.3 is 0 Å². The third-order valence-corrected chi connectivity index (χ3v) is 2.85. The first-order valence-corrected chi connectivity index (χ1v) is 6.53. The molecule has 1 unspecified atom stereocenters. The molecule has 1 heterocycles. The minimum Gasteiger partial charge on any atom is -0.353 e. The lowest BCUT2D eigenvalue weighted by molar-refractivity contribution is -0.199. The molecule has 1 aromatic rings. The van der Waals surface area contributed by atoms with Crippen LogP contribution in [0.25, 0.3) is 0 Å². The van der Waals surface area contributed by atoms with Crippen LogP contribution in [0.2, 0.25) is 0 Å². The second kappa shape index (κ2) is 6.04. The quantitative estimate of drug-likeness (QED) is 0.743. The zero-order valence-corrected chi connectivity index (χ0v) is 11.1. The van der Waals surface area contributed by atoms with Crippen LogP contribution in [0.5, 0.6) is 0 Å². The molecule has 2 heteroatoms. The summed E-state index contributed by atoms with van der Waals surface area (Å²) in [7, 11) is 0. The summed E-state index contributed by atoms with van der Waals surface area (Å²) in [5, 5.41) is 0. The summed E-state index contributed by atoms with van der Waals surface area (Å²) in [5.41, 5.74) is 0.538. The van der Waals surface area contributed by atoms with E-state index in [4.69, 9.17) is 9.47 Å². The van der Waals surface area contributed by atoms with Gasteiger partial charge in [0.25, 0.3) is 0 Å². The smallest absolute Gasteiger partial charge is 0.159 e. The van der Waals surface area contributed by atoms with E-state index in [1.807, 2.05) is 44.2 Å². The maximum atomic E-state index is 5.90. The average molecular weight is 244 g/mol. The van der Waals surface area contributed by atoms with E-state index in [-0.39, 0.29) is 6.29 Å². The lowest BCUT2D eigenvalue weighted by atomic mass is 10.1. The Morgan fingerprint density at radius 2 is 2.00 bits per heavy atom. The summed E-state index contributed by atoms with van der Waals surface area (Å²) in [5.74, 6) is 6.31. The second-order valence-corrected chi connectivity index (χ2v) is 5.04. The van der Waals surface area contributed by atoms with Gasteiger partial charge in [-0.1, -0.05) is 30.0 Å². The molecule has 96 valence electrons. The van der Waals surface area contributed by atoms with Gasteiger partial charge in [-0.05, 0) is 45.2 Å². The number of rotatable bonds is 2. The molecule has 0 bridgehead atoms. The van der Waals surface area contributed by atoms with Crippen molar-refractivity contribution >= 4 is 0 Å². The number of hydrogen-bond acceptors (Lipinski definition) is 2. The van der Waals surface area contributed by atoms with Crippen LogP contribution in [0.3, 0.4) is 0 Å². The van der Waals surface area contributed by atoms with E-state index < -0.39 is 5.60 Å². The summed E-state index contributed by atoms with van der Waals surface area (Å²) in [6.07, 6.45) is 3.18. The van der Waals surface area contributed by atoms with E-state index in [1.54, 1.807) is 0 Å². The molecule has 1 aliphatic heterocycles.